The maximum Gasteiger partial charge on any atom is 0.341 e. The van der Waals surface area contributed by atoms with E-state index < -0.39 is 5.97 Å². The molecule has 0 amide bonds. The first kappa shape index (κ1) is 22.1. The lowest BCUT2D eigenvalue weighted by atomic mass is 9.75. The molecule has 1 fully saturated rings. The van der Waals surface area contributed by atoms with E-state index in [2.05, 4.69) is 44.7 Å². The van der Waals surface area contributed by atoms with Crippen molar-refractivity contribution < 1.29 is 19.4 Å². The van der Waals surface area contributed by atoms with Gasteiger partial charge in [0.15, 0.2) is 6.61 Å². The van der Waals surface area contributed by atoms with E-state index in [0.29, 0.717) is 5.75 Å². The highest BCUT2D eigenvalue weighted by molar-refractivity contribution is 5.68. The highest BCUT2D eigenvalue weighted by atomic mass is 16.5. The van der Waals surface area contributed by atoms with E-state index in [4.69, 9.17) is 14.6 Å². The Morgan fingerprint density at radius 3 is 2.53 bits per heavy atom. The average Bonchev–Trinajstić information content (AvgIpc) is 2.73. The number of benzene rings is 2. The molecule has 0 bridgehead atoms. The molecular formula is C26H32O4. The van der Waals surface area contributed by atoms with Crippen molar-refractivity contribution in [2.45, 2.75) is 58.2 Å². The quantitative estimate of drug-likeness (QED) is 0.550. The number of para-hydroxylation sites is 1. The molecule has 0 radical (unpaired) electrons. The van der Waals surface area contributed by atoms with Crippen LogP contribution in [0.15, 0.2) is 60.7 Å². The molecule has 160 valence electrons. The standard InChI is InChI=1S/C26H32O4/c1-5-8-19-11-13-20(14-12-19)23-15-22(17(2)3)26(30-18(23)4)21-9-6-7-10-24(21)29-16-25(27)28/h6-7,9-14,18,22-23,26H,2,5,8,15-16H2,1,3-4H3,(H,27,28)/t18-,22-,23-,26+/m0/s1. The summed E-state index contributed by atoms with van der Waals surface area (Å²) >= 11 is 0. The molecule has 3 rings (SSSR count). The molecule has 0 spiro atoms. The molecule has 1 aliphatic rings. The van der Waals surface area contributed by atoms with Crippen LogP contribution in [0.5, 0.6) is 5.75 Å². The van der Waals surface area contributed by atoms with Gasteiger partial charge in [-0.3, -0.25) is 0 Å². The van der Waals surface area contributed by atoms with Gasteiger partial charge < -0.3 is 14.6 Å². The normalized spacial score (nSPS) is 23.7. The SMILES string of the molecule is C=C(C)[C@@H]1C[C@H](c2ccc(CCC)cc2)[C@H](C)O[C@@H]1c1ccccc1OCC(=O)O. The highest BCUT2D eigenvalue weighted by Gasteiger charge is 2.39. The van der Waals surface area contributed by atoms with E-state index in [1.54, 1.807) is 6.07 Å². The van der Waals surface area contributed by atoms with Crippen LogP contribution in [0.3, 0.4) is 0 Å². The predicted octanol–water partition coefficient (Wildman–Crippen LogP) is 5.93. The van der Waals surface area contributed by atoms with Gasteiger partial charge in [-0.2, -0.15) is 0 Å². The number of hydrogen-bond donors (Lipinski definition) is 1. The van der Waals surface area contributed by atoms with Gasteiger partial charge in [0.05, 0.1) is 12.2 Å². The molecule has 2 aromatic carbocycles. The van der Waals surface area contributed by atoms with Crippen LogP contribution >= 0.6 is 0 Å². The summed E-state index contributed by atoms with van der Waals surface area (Å²) in [6, 6.07) is 16.5. The summed E-state index contributed by atoms with van der Waals surface area (Å²) in [6.07, 6.45) is 2.99. The molecule has 30 heavy (non-hydrogen) atoms. The number of carboxylic acids is 1. The van der Waals surface area contributed by atoms with Crippen LogP contribution < -0.4 is 4.74 Å². The zero-order chi connectivity index (χ0) is 21.7. The summed E-state index contributed by atoms with van der Waals surface area (Å²) in [4.78, 5) is 11.0. The van der Waals surface area contributed by atoms with Crippen LogP contribution in [-0.2, 0) is 16.0 Å². The number of rotatable bonds is 8. The minimum absolute atomic E-state index is 0.0233. The van der Waals surface area contributed by atoms with E-state index in [0.717, 1.165) is 30.4 Å². The molecule has 0 aliphatic carbocycles. The van der Waals surface area contributed by atoms with Gasteiger partial charge in [0, 0.05) is 17.4 Å². The monoisotopic (exact) mass is 408 g/mol. The van der Waals surface area contributed by atoms with Crippen LogP contribution in [0.4, 0.5) is 0 Å². The molecule has 0 unspecified atom stereocenters. The second-order valence-electron chi connectivity index (χ2n) is 8.27. The molecule has 4 nitrogen and oxygen atoms in total. The average molecular weight is 409 g/mol. The number of carboxylic acid groups (broad SMARTS) is 1. The van der Waals surface area contributed by atoms with Gasteiger partial charge in [0.1, 0.15) is 5.75 Å². The second kappa shape index (κ2) is 9.94. The minimum atomic E-state index is -0.995. The Kier molecular flexibility index (Phi) is 7.33. The number of aliphatic carboxylic acids is 1. The van der Waals surface area contributed by atoms with Crippen molar-refractivity contribution in [1.29, 1.82) is 0 Å². The first-order chi connectivity index (χ1) is 14.4. The molecule has 4 heteroatoms. The maximum atomic E-state index is 11.0. The highest BCUT2D eigenvalue weighted by Crippen LogP contribution is 2.47. The van der Waals surface area contributed by atoms with Gasteiger partial charge in [-0.1, -0.05) is 68.0 Å². The Hall–Kier alpha value is -2.59. The van der Waals surface area contributed by atoms with Crippen LogP contribution in [0, 0.1) is 5.92 Å². The number of aryl methyl sites for hydroxylation is 1. The third-order valence-electron chi connectivity index (χ3n) is 5.96. The van der Waals surface area contributed by atoms with Crippen molar-refractivity contribution in [3.05, 3.63) is 77.4 Å². The number of ether oxygens (including phenoxy) is 2. The molecule has 2 aromatic rings. The summed E-state index contributed by atoms with van der Waals surface area (Å²) in [6.45, 7) is 10.2. The van der Waals surface area contributed by atoms with E-state index in [1.165, 1.54) is 11.1 Å². The van der Waals surface area contributed by atoms with Gasteiger partial charge in [0.2, 0.25) is 0 Å². The first-order valence-corrected chi connectivity index (χ1v) is 10.7. The Labute approximate surface area is 179 Å². The van der Waals surface area contributed by atoms with E-state index in [1.807, 2.05) is 25.1 Å². The third-order valence-corrected chi connectivity index (χ3v) is 5.96. The van der Waals surface area contributed by atoms with Crippen LogP contribution in [-0.4, -0.2) is 23.8 Å². The summed E-state index contributed by atoms with van der Waals surface area (Å²) in [7, 11) is 0. The fraction of sp³-hybridized carbons (Fsp3) is 0.423. The third kappa shape index (κ3) is 5.11. The Balaban J connectivity index is 1.86. The summed E-state index contributed by atoms with van der Waals surface area (Å²) in [5, 5.41) is 9.00. The van der Waals surface area contributed by atoms with Crippen molar-refractivity contribution >= 4 is 5.97 Å². The Bertz CT molecular complexity index is 871. The van der Waals surface area contributed by atoms with Crippen LogP contribution in [0.2, 0.25) is 0 Å². The lowest BCUT2D eigenvalue weighted by molar-refractivity contribution is -0.139. The van der Waals surface area contributed by atoms with Crippen LogP contribution in [0.1, 0.15) is 62.3 Å². The fourth-order valence-corrected chi connectivity index (χ4v) is 4.37. The molecule has 4 atom stereocenters. The van der Waals surface area contributed by atoms with Gasteiger partial charge in [-0.05, 0) is 43.9 Å². The zero-order valence-electron chi connectivity index (χ0n) is 18.1. The van der Waals surface area contributed by atoms with Gasteiger partial charge in [-0.15, -0.1) is 0 Å². The van der Waals surface area contributed by atoms with Crippen molar-refractivity contribution in [3.8, 4) is 5.75 Å². The molecule has 1 aliphatic heterocycles. The predicted molar refractivity (Wildman–Crippen MR) is 119 cm³/mol. The minimum Gasteiger partial charge on any atom is -0.482 e. The Morgan fingerprint density at radius 2 is 1.90 bits per heavy atom. The molecule has 1 N–H and O–H groups in total. The molecule has 0 saturated carbocycles. The molecule has 1 saturated heterocycles. The first-order valence-electron chi connectivity index (χ1n) is 10.7. The topological polar surface area (TPSA) is 55.8 Å². The summed E-state index contributed by atoms with van der Waals surface area (Å²) in [5.74, 6) is -0.0293. The largest absolute Gasteiger partial charge is 0.482 e. The van der Waals surface area contributed by atoms with Crippen molar-refractivity contribution in [3.63, 3.8) is 0 Å². The number of carbonyl (C=O) groups is 1. The zero-order valence-corrected chi connectivity index (χ0v) is 18.1. The van der Waals surface area contributed by atoms with Crippen molar-refractivity contribution in [2.75, 3.05) is 6.61 Å². The van der Waals surface area contributed by atoms with E-state index in [9.17, 15) is 4.79 Å². The lowest BCUT2D eigenvalue weighted by Gasteiger charge is -2.41. The number of hydrogen-bond acceptors (Lipinski definition) is 3. The fourth-order valence-electron chi connectivity index (χ4n) is 4.37. The molecular weight excluding hydrogens is 376 g/mol. The second-order valence-corrected chi connectivity index (χ2v) is 8.27. The van der Waals surface area contributed by atoms with E-state index in [-0.39, 0.29) is 30.7 Å². The van der Waals surface area contributed by atoms with Crippen LogP contribution in [0.25, 0.3) is 0 Å². The van der Waals surface area contributed by atoms with Gasteiger partial charge >= 0.3 is 5.97 Å². The smallest absolute Gasteiger partial charge is 0.341 e. The summed E-state index contributed by atoms with van der Waals surface area (Å²) < 4.78 is 12.1. The van der Waals surface area contributed by atoms with Gasteiger partial charge in [0.25, 0.3) is 0 Å². The molecule has 0 aromatic heterocycles. The van der Waals surface area contributed by atoms with E-state index >= 15 is 0 Å². The van der Waals surface area contributed by atoms with Crippen molar-refractivity contribution in [1.82, 2.24) is 0 Å². The summed E-state index contributed by atoms with van der Waals surface area (Å²) in [5.41, 5.74) is 4.61. The maximum absolute atomic E-state index is 11.0. The molecule has 1 heterocycles. The van der Waals surface area contributed by atoms with Gasteiger partial charge in [-0.25, -0.2) is 4.79 Å². The lowest BCUT2D eigenvalue weighted by Crippen LogP contribution is -2.34. The van der Waals surface area contributed by atoms with Crippen molar-refractivity contribution in [2.24, 2.45) is 5.92 Å². The Morgan fingerprint density at radius 1 is 1.20 bits per heavy atom.